The van der Waals surface area contributed by atoms with Crippen LogP contribution in [0.1, 0.15) is 15.9 Å². The Morgan fingerprint density at radius 3 is 2.60 bits per heavy atom. The monoisotopic (exact) mass is 424 g/mol. The van der Waals surface area contributed by atoms with Gasteiger partial charge in [0.1, 0.15) is 11.6 Å². The van der Waals surface area contributed by atoms with Crippen LogP contribution in [0.25, 0.3) is 0 Å². The molecule has 0 spiro atoms. The second-order valence-corrected chi connectivity index (χ2v) is 7.23. The fourth-order valence-electron chi connectivity index (χ4n) is 3.24. The van der Waals surface area contributed by atoms with Crippen molar-refractivity contribution in [2.75, 3.05) is 23.3 Å². The number of amides is 3. The van der Waals surface area contributed by atoms with E-state index in [2.05, 4.69) is 10.3 Å². The normalized spacial score (nSPS) is 13.6. The molecule has 1 aliphatic heterocycles. The molecule has 3 amide bonds. The van der Waals surface area contributed by atoms with Crippen LogP contribution in [-0.4, -0.2) is 34.9 Å². The van der Waals surface area contributed by atoms with E-state index in [1.54, 1.807) is 21.9 Å². The lowest BCUT2D eigenvalue weighted by molar-refractivity contribution is 0.102. The first kappa shape index (κ1) is 19.8. The predicted octanol–water partition coefficient (Wildman–Crippen LogP) is 4.57. The molecule has 0 atom stereocenters. The molecule has 0 aliphatic carbocycles. The third kappa shape index (κ3) is 4.26. The van der Waals surface area contributed by atoms with Gasteiger partial charge in [-0.05, 0) is 35.9 Å². The van der Waals surface area contributed by atoms with Crippen LogP contribution < -0.4 is 10.2 Å². The van der Waals surface area contributed by atoms with E-state index in [0.29, 0.717) is 31.1 Å². The van der Waals surface area contributed by atoms with E-state index in [9.17, 15) is 14.0 Å². The Morgan fingerprint density at radius 1 is 1.10 bits per heavy atom. The van der Waals surface area contributed by atoms with Crippen molar-refractivity contribution in [1.82, 2.24) is 9.88 Å². The van der Waals surface area contributed by atoms with Crippen LogP contribution in [0.2, 0.25) is 5.02 Å². The van der Waals surface area contributed by atoms with Crippen LogP contribution in [0.3, 0.4) is 0 Å². The van der Waals surface area contributed by atoms with Gasteiger partial charge in [0.15, 0.2) is 0 Å². The molecule has 1 N–H and O–H groups in total. The average molecular weight is 425 g/mol. The number of carbonyl (C=O) groups is 2. The molecule has 1 aromatic heterocycles. The van der Waals surface area contributed by atoms with Gasteiger partial charge in [-0.1, -0.05) is 41.9 Å². The number of urea groups is 1. The van der Waals surface area contributed by atoms with Gasteiger partial charge in [-0.3, -0.25) is 9.69 Å². The topological polar surface area (TPSA) is 65.5 Å². The van der Waals surface area contributed by atoms with E-state index in [1.165, 1.54) is 18.3 Å². The number of rotatable bonds is 5. The highest BCUT2D eigenvalue weighted by atomic mass is 35.5. The lowest BCUT2D eigenvalue weighted by Gasteiger charge is -2.18. The molecule has 152 valence electrons. The Hall–Kier alpha value is -3.45. The quantitative estimate of drug-likeness (QED) is 0.652. The second-order valence-electron chi connectivity index (χ2n) is 6.82. The van der Waals surface area contributed by atoms with Gasteiger partial charge in [0.05, 0.1) is 22.5 Å². The molecule has 0 radical (unpaired) electrons. The Balaban J connectivity index is 1.41. The standard InChI is InChI=1S/C22H18ClFN4O2/c23-19-12-16(24)6-8-18(19)21(29)26-17-7-9-20(25-13-17)28-11-10-27(22(28)30)14-15-4-2-1-3-5-15/h1-9,12-13H,10-11,14H2,(H,26,29). The number of benzene rings is 2. The summed E-state index contributed by atoms with van der Waals surface area (Å²) >= 11 is 5.92. The highest BCUT2D eigenvalue weighted by Gasteiger charge is 2.30. The summed E-state index contributed by atoms with van der Waals surface area (Å²) in [6.45, 7) is 1.69. The Kier molecular flexibility index (Phi) is 5.63. The maximum atomic E-state index is 13.1. The number of nitrogens with one attached hydrogen (secondary N) is 1. The molecule has 30 heavy (non-hydrogen) atoms. The Labute approximate surface area is 177 Å². The van der Waals surface area contributed by atoms with E-state index in [4.69, 9.17) is 11.6 Å². The fraction of sp³-hybridized carbons (Fsp3) is 0.136. The first-order valence-corrected chi connectivity index (χ1v) is 9.72. The Morgan fingerprint density at radius 2 is 1.90 bits per heavy atom. The maximum absolute atomic E-state index is 13.1. The minimum Gasteiger partial charge on any atom is -0.321 e. The maximum Gasteiger partial charge on any atom is 0.326 e. The highest BCUT2D eigenvalue weighted by molar-refractivity contribution is 6.34. The molecule has 0 bridgehead atoms. The molecular formula is C22H18ClFN4O2. The molecule has 0 saturated carbocycles. The molecule has 2 aromatic carbocycles. The molecule has 1 saturated heterocycles. The molecule has 8 heteroatoms. The van der Waals surface area contributed by atoms with Crippen molar-refractivity contribution in [3.63, 3.8) is 0 Å². The summed E-state index contributed by atoms with van der Waals surface area (Å²) < 4.78 is 13.1. The number of carbonyl (C=O) groups excluding carboxylic acids is 2. The summed E-state index contributed by atoms with van der Waals surface area (Å²) in [5, 5.41) is 2.69. The van der Waals surface area contributed by atoms with Crippen molar-refractivity contribution in [3.05, 3.63) is 88.8 Å². The van der Waals surface area contributed by atoms with E-state index in [0.717, 1.165) is 11.6 Å². The van der Waals surface area contributed by atoms with Gasteiger partial charge in [0.25, 0.3) is 5.91 Å². The van der Waals surface area contributed by atoms with Gasteiger partial charge in [-0.25, -0.2) is 14.2 Å². The van der Waals surface area contributed by atoms with Crippen molar-refractivity contribution < 1.29 is 14.0 Å². The van der Waals surface area contributed by atoms with Crippen molar-refractivity contribution in [2.24, 2.45) is 0 Å². The van der Waals surface area contributed by atoms with E-state index >= 15 is 0 Å². The SMILES string of the molecule is O=C(Nc1ccc(N2CCN(Cc3ccccc3)C2=O)nc1)c1ccc(F)cc1Cl. The minimum absolute atomic E-state index is 0.0262. The third-order valence-corrected chi connectivity index (χ3v) is 5.08. The Bertz CT molecular complexity index is 1080. The van der Waals surface area contributed by atoms with Gasteiger partial charge in [0.2, 0.25) is 0 Å². The molecule has 1 aliphatic rings. The van der Waals surface area contributed by atoms with Crippen LogP contribution in [0.15, 0.2) is 66.9 Å². The molecule has 0 unspecified atom stereocenters. The summed E-state index contributed by atoms with van der Waals surface area (Å²) in [5.41, 5.74) is 1.67. The molecule has 1 fully saturated rings. The molecule has 6 nitrogen and oxygen atoms in total. The average Bonchev–Trinajstić information content (AvgIpc) is 3.09. The third-order valence-electron chi connectivity index (χ3n) is 4.77. The van der Waals surface area contributed by atoms with Crippen molar-refractivity contribution in [2.45, 2.75) is 6.54 Å². The van der Waals surface area contributed by atoms with Crippen molar-refractivity contribution in [1.29, 1.82) is 0 Å². The van der Waals surface area contributed by atoms with E-state index in [-0.39, 0.29) is 16.6 Å². The van der Waals surface area contributed by atoms with E-state index < -0.39 is 11.7 Å². The number of halogens is 2. The first-order chi connectivity index (χ1) is 14.5. The van der Waals surface area contributed by atoms with Crippen molar-refractivity contribution >= 4 is 35.0 Å². The lowest BCUT2D eigenvalue weighted by Crippen LogP contribution is -2.31. The summed E-state index contributed by atoms with van der Waals surface area (Å²) in [7, 11) is 0. The van der Waals surface area contributed by atoms with Gasteiger partial charge < -0.3 is 10.2 Å². The van der Waals surface area contributed by atoms with Gasteiger partial charge in [-0.2, -0.15) is 0 Å². The molecule has 4 rings (SSSR count). The lowest BCUT2D eigenvalue weighted by atomic mass is 10.2. The highest BCUT2D eigenvalue weighted by Crippen LogP contribution is 2.22. The number of pyridine rings is 1. The smallest absolute Gasteiger partial charge is 0.321 e. The largest absolute Gasteiger partial charge is 0.326 e. The zero-order valence-electron chi connectivity index (χ0n) is 15.9. The molecule has 2 heterocycles. The van der Waals surface area contributed by atoms with Crippen LogP contribution >= 0.6 is 11.6 Å². The summed E-state index contributed by atoms with van der Waals surface area (Å²) in [4.78, 5) is 32.7. The van der Waals surface area contributed by atoms with Crippen LogP contribution in [0.5, 0.6) is 0 Å². The van der Waals surface area contributed by atoms with Crippen LogP contribution in [0, 0.1) is 5.82 Å². The minimum atomic E-state index is -0.515. The summed E-state index contributed by atoms with van der Waals surface area (Å²) in [6, 6.07) is 16.6. The summed E-state index contributed by atoms with van der Waals surface area (Å²) in [5.74, 6) is -0.478. The zero-order chi connectivity index (χ0) is 21.1. The van der Waals surface area contributed by atoms with Gasteiger partial charge in [-0.15, -0.1) is 0 Å². The number of hydrogen-bond donors (Lipinski definition) is 1. The number of aromatic nitrogens is 1. The number of hydrogen-bond acceptors (Lipinski definition) is 3. The second kappa shape index (κ2) is 8.51. The number of anilines is 2. The van der Waals surface area contributed by atoms with Crippen LogP contribution in [0.4, 0.5) is 20.7 Å². The van der Waals surface area contributed by atoms with Gasteiger partial charge >= 0.3 is 6.03 Å². The molecular weight excluding hydrogens is 407 g/mol. The first-order valence-electron chi connectivity index (χ1n) is 9.34. The summed E-state index contributed by atoms with van der Waals surface area (Å²) in [6.07, 6.45) is 1.47. The predicted molar refractivity (Wildman–Crippen MR) is 113 cm³/mol. The van der Waals surface area contributed by atoms with E-state index in [1.807, 2.05) is 30.3 Å². The zero-order valence-corrected chi connectivity index (χ0v) is 16.6. The molecule has 3 aromatic rings. The van der Waals surface area contributed by atoms with Crippen LogP contribution in [-0.2, 0) is 6.54 Å². The van der Waals surface area contributed by atoms with Crippen molar-refractivity contribution in [3.8, 4) is 0 Å². The van der Waals surface area contributed by atoms with Gasteiger partial charge in [0, 0.05) is 19.6 Å². The number of nitrogens with zero attached hydrogens (tertiary/aromatic N) is 3. The fourth-order valence-corrected chi connectivity index (χ4v) is 3.49.